The molecule has 0 aromatic heterocycles. The van der Waals surface area contributed by atoms with Crippen LogP contribution in [0.25, 0.3) is 0 Å². The Labute approximate surface area is 113 Å². The van der Waals surface area contributed by atoms with Crippen LogP contribution in [0.4, 0.5) is 0 Å². The number of hydrogen-bond donors (Lipinski definition) is 1. The Balaban J connectivity index is 2.01. The first-order chi connectivity index (χ1) is 9.08. The molecule has 0 radical (unpaired) electrons. The number of nitrogens with one attached hydrogen (secondary N) is 1. The van der Waals surface area contributed by atoms with Crippen molar-refractivity contribution in [2.45, 2.75) is 6.54 Å². The van der Waals surface area contributed by atoms with Gasteiger partial charge in [-0.25, -0.2) is 0 Å². The maximum atomic E-state index is 11.9. The van der Waals surface area contributed by atoms with Gasteiger partial charge in [0.15, 0.2) is 5.96 Å². The van der Waals surface area contributed by atoms with Gasteiger partial charge < -0.3 is 15.1 Å². The molecule has 2 rings (SSSR count). The summed E-state index contributed by atoms with van der Waals surface area (Å²) in [5, 5.41) is 3.29. The number of likely N-dealkylation sites (N-methyl/N-ethyl adjacent to an activating group) is 1. The van der Waals surface area contributed by atoms with E-state index in [1.165, 1.54) is 0 Å². The molecule has 1 aromatic carbocycles. The molecule has 0 unspecified atom stereocenters. The largest absolute Gasteiger partial charge is 0.352 e. The molecule has 0 fully saturated rings. The van der Waals surface area contributed by atoms with Crippen molar-refractivity contribution >= 4 is 11.9 Å². The molecular weight excluding hydrogens is 240 g/mol. The lowest BCUT2D eigenvalue weighted by atomic mass is 10.1. The summed E-state index contributed by atoms with van der Waals surface area (Å²) in [6, 6.07) is 7.68. The second-order valence-electron chi connectivity index (χ2n) is 4.88. The fourth-order valence-electron chi connectivity index (χ4n) is 1.98. The molecule has 1 aromatic rings. The first-order valence-electron chi connectivity index (χ1n) is 6.38. The average molecular weight is 260 g/mol. The van der Waals surface area contributed by atoms with E-state index in [4.69, 9.17) is 0 Å². The van der Waals surface area contributed by atoms with Crippen molar-refractivity contribution in [1.29, 1.82) is 0 Å². The van der Waals surface area contributed by atoms with Crippen molar-refractivity contribution in [3.63, 3.8) is 0 Å². The van der Waals surface area contributed by atoms with Gasteiger partial charge in [-0.3, -0.25) is 9.79 Å². The minimum absolute atomic E-state index is 0.0252. The van der Waals surface area contributed by atoms with Gasteiger partial charge in [0.2, 0.25) is 0 Å². The minimum Gasteiger partial charge on any atom is -0.352 e. The summed E-state index contributed by atoms with van der Waals surface area (Å²) in [6.07, 6.45) is 0. The molecule has 1 N–H and O–H groups in total. The highest BCUT2D eigenvalue weighted by Gasteiger charge is 2.12. The van der Waals surface area contributed by atoms with E-state index in [1.807, 2.05) is 31.3 Å². The van der Waals surface area contributed by atoms with Gasteiger partial charge in [0.05, 0.1) is 6.54 Å². The van der Waals surface area contributed by atoms with E-state index in [2.05, 4.69) is 15.2 Å². The third-order valence-corrected chi connectivity index (χ3v) is 3.09. The van der Waals surface area contributed by atoms with E-state index in [9.17, 15) is 4.79 Å². The van der Waals surface area contributed by atoms with Crippen molar-refractivity contribution in [3.8, 4) is 0 Å². The molecule has 1 heterocycles. The number of carbonyl (C=O) groups is 1. The fourth-order valence-corrected chi connectivity index (χ4v) is 1.98. The van der Waals surface area contributed by atoms with Crippen molar-refractivity contribution in [1.82, 2.24) is 15.1 Å². The van der Waals surface area contributed by atoms with Gasteiger partial charge >= 0.3 is 0 Å². The van der Waals surface area contributed by atoms with Gasteiger partial charge in [-0.15, -0.1) is 0 Å². The van der Waals surface area contributed by atoms with E-state index >= 15 is 0 Å². The number of hydrogen-bond acceptors (Lipinski definition) is 4. The Morgan fingerprint density at radius 1 is 1.47 bits per heavy atom. The third kappa shape index (κ3) is 3.24. The van der Waals surface area contributed by atoms with Crippen LogP contribution in [0.2, 0.25) is 0 Å². The smallest absolute Gasteiger partial charge is 0.253 e. The third-order valence-electron chi connectivity index (χ3n) is 3.09. The minimum atomic E-state index is 0.0252. The second kappa shape index (κ2) is 5.73. The molecule has 1 aliphatic heterocycles. The molecule has 1 aliphatic rings. The first kappa shape index (κ1) is 13.4. The monoisotopic (exact) mass is 260 g/mol. The van der Waals surface area contributed by atoms with Gasteiger partial charge in [-0.2, -0.15) is 0 Å². The lowest BCUT2D eigenvalue weighted by Gasteiger charge is -2.16. The maximum Gasteiger partial charge on any atom is 0.253 e. The molecule has 0 aliphatic carbocycles. The van der Waals surface area contributed by atoms with Gasteiger partial charge in [0.25, 0.3) is 5.91 Å². The van der Waals surface area contributed by atoms with Crippen LogP contribution < -0.4 is 5.32 Å². The predicted molar refractivity (Wildman–Crippen MR) is 76.2 cm³/mol. The number of aliphatic imine (C=N–C) groups is 1. The van der Waals surface area contributed by atoms with Crippen LogP contribution in [0.3, 0.4) is 0 Å². The van der Waals surface area contributed by atoms with Crippen LogP contribution in [0.1, 0.15) is 15.9 Å². The number of amides is 1. The zero-order chi connectivity index (χ0) is 13.8. The SMILES string of the molecule is CN(C)C(=O)c1cccc(CNC2=NCCN2C)c1. The van der Waals surface area contributed by atoms with Crippen molar-refractivity contribution < 1.29 is 4.79 Å². The van der Waals surface area contributed by atoms with E-state index in [1.54, 1.807) is 19.0 Å². The normalized spacial score (nSPS) is 14.3. The summed E-state index contributed by atoms with van der Waals surface area (Å²) >= 11 is 0. The van der Waals surface area contributed by atoms with Gasteiger partial charge in [0, 0.05) is 39.8 Å². The molecule has 1 amide bonds. The lowest BCUT2D eigenvalue weighted by molar-refractivity contribution is 0.0827. The summed E-state index contributed by atoms with van der Waals surface area (Å²) in [5.74, 6) is 0.946. The Hall–Kier alpha value is -2.04. The molecule has 0 bridgehead atoms. The van der Waals surface area contributed by atoms with Crippen LogP contribution in [0, 0.1) is 0 Å². The van der Waals surface area contributed by atoms with E-state index in [-0.39, 0.29) is 5.91 Å². The van der Waals surface area contributed by atoms with Crippen molar-refractivity contribution in [2.75, 3.05) is 34.2 Å². The Bertz CT molecular complexity index is 496. The average Bonchev–Trinajstić information content (AvgIpc) is 2.81. The van der Waals surface area contributed by atoms with E-state index in [0.29, 0.717) is 12.1 Å². The molecule has 0 saturated heterocycles. The van der Waals surface area contributed by atoms with Crippen LogP contribution in [-0.4, -0.2) is 55.9 Å². The zero-order valence-electron chi connectivity index (χ0n) is 11.7. The Morgan fingerprint density at radius 3 is 2.89 bits per heavy atom. The molecule has 0 saturated carbocycles. The number of carbonyl (C=O) groups excluding carboxylic acids is 1. The highest BCUT2D eigenvalue weighted by molar-refractivity contribution is 5.94. The number of rotatable bonds is 3. The van der Waals surface area contributed by atoms with Crippen LogP contribution in [-0.2, 0) is 6.54 Å². The van der Waals surface area contributed by atoms with Crippen LogP contribution in [0.5, 0.6) is 0 Å². The molecular formula is C14H20N4O. The fraction of sp³-hybridized carbons (Fsp3) is 0.429. The summed E-state index contributed by atoms with van der Waals surface area (Å²) in [4.78, 5) is 19.9. The van der Waals surface area contributed by atoms with E-state index < -0.39 is 0 Å². The summed E-state index contributed by atoms with van der Waals surface area (Å²) in [6.45, 7) is 2.48. The topological polar surface area (TPSA) is 47.9 Å². The van der Waals surface area contributed by atoms with Crippen LogP contribution >= 0.6 is 0 Å². The van der Waals surface area contributed by atoms with Crippen molar-refractivity contribution in [2.24, 2.45) is 4.99 Å². The molecule has 102 valence electrons. The summed E-state index contributed by atoms with van der Waals surface area (Å²) in [5.41, 5.74) is 1.79. The quantitative estimate of drug-likeness (QED) is 0.873. The highest BCUT2D eigenvalue weighted by atomic mass is 16.2. The molecule has 5 nitrogen and oxygen atoms in total. The molecule has 5 heteroatoms. The second-order valence-corrected chi connectivity index (χ2v) is 4.88. The maximum absolute atomic E-state index is 11.9. The number of guanidine groups is 1. The van der Waals surface area contributed by atoms with Gasteiger partial charge in [-0.1, -0.05) is 12.1 Å². The van der Waals surface area contributed by atoms with Gasteiger partial charge in [0.1, 0.15) is 0 Å². The highest BCUT2D eigenvalue weighted by Crippen LogP contribution is 2.07. The Morgan fingerprint density at radius 2 is 2.26 bits per heavy atom. The van der Waals surface area contributed by atoms with Crippen LogP contribution in [0.15, 0.2) is 29.3 Å². The van der Waals surface area contributed by atoms with Crippen molar-refractivity contribution in [3.05, 3.63) is 35.4 Å². The first-order valence-corrected chi connectivity index (χ1v) is 6.38. The van der Waals surface area contributed by atoms with E-state index in [0.717, 1.165) is 24.6 Å². The molecule has 0 spiro atoms. The molecule has 0 atom stereocenters. The number of nitrogens with zero attached hydrogens (tertiary/aromatic N) is 3. The predicted octanol–water partition coefficient (Wildman–Crippen LogP) is 0.779. The number of benzene rings is 1. The summed E-state index contributed by atoms with van der Waals surface area (Å²) < 4.78 is 0. The Kier molecular flexibility index (Phi) is 4.04. The molecule has 19 heavy (non-hydrogen) atoms. The zero-order valence-corrected chi connectivity index (χ0v) is 11.7. The van der Waals surface area contributed by atoms with Gasteiger partial charge in [-0.05, 0) is 17.7 Å². The lowest BCUT2D eigenvalue weighted by Crippen LogP contribution is -2.35. The standard InChI is InChI=1S/C14H20N4O/c1-17(2)13(19)12-6-4-5-11(9-12)10-16-14-15-7-8-18(14)3/h4-6,9H,7-8,10H2,1-3H3,(H,15,16). The summed E-state index contributed by atoms with van der Waals surface area (Å²) in [7, 11) is 5.54.